The number of rotatable bonds is 9. The highest BCUT2D eigenvalue weighted by Crippen LogP contribution is 2.22. The predicted octanol–water partition coefficient (Wildman–Crippen LogP) is 2.77. The van der Waals surface area contributed by atoms with E-state index in [2.05, 4.69) is 20.3 Å². The quantitative estimate of drug-likeness (QED) is 0.400. The van der Waals surface area contributed by atoms with E-state index in [4.69, 9.17) is 19.9 Å². The molecule has 0 bridgehead atoms. The minimum atomic E-state index is -0.377. The van der Waals surface area contributed by atoms with Crippen molar-refractivity contribution in [1.29, 1.82) is 0 Å². The summed E-state index contributed by atoms with van der Waals surface area (Å²) in [4.78, 5) is 24.6. The number of fused-ring (bicyclic) bond motifs is 1. The molecule has 30 heavy (non-hydrogen) atoms. The van der Waals surface area contributed by atoms with Crippen LogP contribution < -0.4 is 15.8 Å². The molecule has 0 radical (unpaired) electrons. The number of nitrogens with zero attached hydrogens (tertiary/aromatic N) is 4. The lowest BCUT2D eigenvalue weighted by Crippen LogP contribution is -2.13. The van der Waals surface area contributed by atoms with Crippen LogP contribution in [0.25, 0.3) is 11.2 Å². The Hall–Kier alpha value is -3.40. The summed E-state index contributed by atoms with van der Waals surface area (Å²) in [6, 6.07) is 7.32. The van der Waals surface area contributed by atoms with Crippen molar-refractivity contribution in [2.45, 2.75) is 27.3 Å². The molecule has 0 amide bonds. The lowest BCUT2D eigenvalue weighted by molar-refractivity contribution is -0.143. The van der Waals surface area contributed by atoms with E-state index in [1.807, 2.05) is 38.1 Å². The van der Waals surface area contributed by atoms with Gasteiger partial charge < -0.3 is 29.8 Å². The molecule has 0 saturated carbocycles. The number of esters is 1. The number of nitrogens with one attached hydrogen (secondary N) is 1. The van der Waals surface area contributed by atoms with E-state index in [1.165, 1.54) is 6.33 Å². The van der Waals surface area contributed by atoms with Crippen molar-refractivity contribution < 1.29 is 19.0 Å². The summed E-state index contributed by atoms with van der Waals surface area (Å²) < 4.78 is 17.0. The number of carbonyl (C=O) groups is 1. The van der Waals surface area contributed by atoms with Crippen molar-refractivity contribution in [3.05, 3.63) is 30.6 Å². The second-order valence-corrected chi connectivity index (χ2v) is 5.77. The van der Waals surface area contributed by atoms with Gasteiger partial charge in [0.2, 0.25) is 5.95 Å². The first-order valence-corrected chi connectivity index (χ1v) is 9.73. The van der Waals surface area contributed by atoms with Gasteiger partial charge in [0.15, 0.2) is 11.5 Å². The number of nitrogen functional groups attached to an aromatic ring is 1. The molecule has 1 aromatic carbocycles. The van der Waals surface area contributed by atoms with Gasteiger partial charge in [-0.15, -0.1) is 0 Å². The Morgan fingerprint density at radius 2 is 1.90 bits per heavy atom. The molecule has 162 valence electrons. The minimum Gasteiger partial charge on any atom is -0.491 e. The van der Waals surface area contributed by atoms with Crippen molar-refractivity contribution in [1.82, 2.24) is 19.5 Å². The second-order valence-electron chi connectivity index (χ2n) is 5.77. The maximum Gasteiger partial charge on any atom is 0.326 e. The van der Waals surface area contributed by atoms with Crippen LogP contribution in [0.1, 0.15) is 20.8 Å². The first-order chi connectivity index (χ1) is 14.6. The maximum absolute atomic E-state index is 11.8. The number of aromatic nitrogens is 4. The number of carbonyl (C=O) groups excluding carboxylic acids is 1. The van der Waals surface area contributed by atoms with Crippen molar-refractivity contribution >= 4 is 34.6 Å². The first-order valence-electron chi connectivity index (χ1n) is 9.73. The topological polar surface area (TPSA) is 126 Å². The van der Waals surface area contributed by atoms with Crippen LogP contribution in [0, 0.1) is 0 Å². The summed E-state index contributed by atoms with van der Waals surface area (Å²) >= 11 is 0. The van der Waals surface area contributed by atoms with Crippen LogP contribution in [0.4, 0.5) is 17.5 Å². The zero-order chi connectivity index (χ0) is 21.9. The minimum absolute atomic E-state index is 0.00621. The number of benzene rings is 1. The lowest BCUT2D eigenvalue weighted by Gasteiger charge is -2.09. The zero-order valence-electron chi connectivity index (χ0n) is 17.7. The van der Waals surface area contributed by atoms with Crippen LogP contribution in [0.15, 0.2) is 30.6 Å². The van der Waals surface area contributed by atoms with Gasteiger partial charge in [0.05, 0.1) is 19.5 Å². The molecule has 0 spiro atoms. The van der Waals surface area contributed by atoms with E-state index in [0.29, 0.717) is 36.9 Å². The van der Waals surface area contributed by atoms with Gasteiger partial charge in [0, 0.05) is 12.8 Å². The molecular formula is C20H28N6O4. The van der Waals surface area contributed by atoms with Crippen LogP contribution in [0.2, 0.25) is 0 Å². The average molecular weight is 416 g/mol. The second kappa shape index (κ2) is 11.6. The third kappa shape index (κ3) is 6.05. The monoisotopic (exact) mass is 416 g/mol. The SMILES string of the molecule is CC.CCOC(=O)Cn1cnc2c(N)nc(Nc3ccc(OCCOC)cc3)nc21. The molecule has 3 rings (SSSR count). The van der Waals surface area contributed by atoms with E-state index in [9.17, 15) is 4.79 Å². The molecule has 0 aliphatic heterocycles. The highest BCUT2D eigenvalue weighted by molar-refractivity contribution is 5.84. The van der Waals surface area contributed by atoms with Crippen molar-refractivity contribution in [2.75, 3.05) is 38.0 Å². The molecular weight excluding hydrogens is 388 g/mol. The normalized spacial score (nSPS) is 10.3. The molecule has 0 saturated heterocycles. The molecule has 3 N–H and O–H groups in total. The highest BCUT2D eigenvalue weighted by atomic mass is 16.5. The van der Waals surface area contributed by atoms with Crippen molar-refractivity contribution in [3.8, 4) is 5.75 Å². The number of nitrogens with two attached hydrogens (primary N) is 1. The zero-order valence-corrected chi connectivity index (χ0v) is 17.7. The molecule has 10 heteroatoms. The summed E-state index contributed by atoms with van der Waals surface area (Å²) in [7, 11) is 1.62. The Morgan fingerprint density at radius 1 is 1.17 bits per heavy atom. The smallest absolute Gasteiger partial charge is 0.326 e. The van der Waals surface area contributed by atoms with E-state index in [0.717, 1.165) is 11.4 Å². The molecule has 0 aliphatic rings. The standard InChI is InChI=1S/C18H22N6O4.C2H6/c1-3-27-14(25)10-24-11-20-15-16(19)22-18(23-17(15)24)21-12-4-6-13(7-5-12)28-9-8-26-2;1-2/h4-7,11H,3,8-10H2,1-2H3,(H3,19,21,22,23);1-2H3. The van der Waals surface area contributed by atoms with Crippen LogP contribution >= 0.6 is 0 Å². The average Bonchev–Trinajstić information content (AvgIpc) is 3.14. The van der Waals surface area contributed by atoms with Gasteiger partial charge in [-0.25, -0.2) is 4.98 Å². The predicted molar refractivity (Wildman–Crippen MR) is 115 cm³/mol. The summed E-state index contributed by atoms with van der Waals surface area (Å²) in [5.74, 6) is 0.863. The molecule has 2 heterocycles. The van der Waals surface area contributed by atoms with E-state index < -0.39 is 0 Å². The van der Waals surface area contributed by atoms with Crippen molar-refractivity contribution in [3.63, 3.8) is 0 Å². The fourth-order valence-corrected chi connectivity index (χ4v) is 2.49. The van der Waals surface area contributed by atoms with Crippen LogP contribution in [-0.2, 0) is 20.8 Å². The number of hydrogen-bond acceptors (Lipinski definition) is 9. The molecule has 2 aromatic heterocycles. The Morgan fingerprint density at radius 3 is 2.57 bits per heavy atom. The lowest BCUT2D eigenvalue weighted by atomic mass is 10.3. The number of anilines is 3. The van der Waals surface area contributed by atoms with Gasteiger partial charge in [0.1, 0.15) is 24.4 Å². The maximum atomic E-state index is 11.8. The number of ether oxygens (including phenoxy) is 3. The van der Waals surface area contributed by atoms with Crippen molar-refractivity contribution in [2.24, 2.45) is 0 Å². The summed E-state index contributed by atoms with van der Waals surface area (Å²) in [6.07, 6.45) is 1.49. The molecule has 0 aliphatic carbocycles. The summed E-state index contributed by atoms with van der Waals surface area (Å²) in [5, 5.41) is 3.09. The fourth-order valence-electron chi connectivity index (χ4n) is 2.49. The molecule has 3 aromatic rings. The fraction of sp³-hybridized carbons (Fsp3) is 0.400. The van der Waals surface area contributed by atoms with Gasteiger partial charge in [-0.05, 0) is 31.2 Å². The van der Waals surface area contributed by atoms with Crippen LogP contribution in [0.5, 0.6) is 5.75 Å². The Bertz CT molecular complexity index is 942. The third-order valence-electron chi connectivity index (χ3n) is 3.76. The van der Waals surface area contributed by atoms with Gasteiger partial charge >= 0.3 is 5.97 Å². The number of hydrogen-bond donors (Lipinski definition) is 2. The van der Waals surface area contributed by atoms with Crippen LogP contribution in [-0.4, -0.2) is 52.4 Å². The van der Waals surface area contributed by atoms with Crippen LogP contribution in [0.3, 0.4) is 0 Å². The highest BCUT2D eigenvalue weighted by Gasteiger charge is 2.14. The number of methoxy groups -OCH3 is 1. The Kier molecular flexibility index (Phi) is 8.82. The first kappa shape index (κ1) is 22.9. The number of imidazole rings is 1. The Labute approximate surface area is 175 Å². The Balaban J connectivity index is 0.00000155. The third-order valence-corrected chi connectivity index (χ3v) is 3.76. The molecule has 10 nitrogen and oxygen atoms in total. The van der Waals surface area contributed by atoms with E-state index in [1.54, 1.807) is 18.6 Å². The van der Waals surface area contributed by atoms with Gasteiger partial charge in [0.25, 0.3) is 0 Å². The van der Waals surface area contributed by atoms with E-state index in [-0.39, 0.29) is 18.3 Å². The van der Waals surface area contributed by atoms with E-state index >= 15 is 0 Å². The molecule has 0 atom stereocenters. The molecule has 0 fully saturated rings. The van der Waals surface area contributed by atoms with Gasteiger partial charge in [-0.3, -0.25) is 4.79 Å². The largest absolute Gasteiger partial charge is 0.491 e. The summed E-state index contributed by atoms with van der Waals surface area (Å²) in [6.45, 7) is 7.05. The molecule has 0 unspecified atom stereocenters. The van der Waals surface area contributed by atoms with Gasteiger partial charge in [-0.2, -0.15) is 9.97 Å². The summed E-state index contributed by atoms with van der Waals surface area (Å²) in [5.41, 5.74) is 7.62. The van der Waals surface area contributed by atoms with Gasteiger partial charge in [-0.1, -0.05) is 13.8 Å².